The maximum atomic E-state index is 3.80. The second-order valence-electron chi connectivity index (χ2n) is 6.56. The summed E-state index contributed by atoms with van der Waals surface area (Å²) >= 11 is 2.30. The third-order valence-corrected chi connectivity index (χ3v) is 6.75. The third kappa shape index (κ3) is 3.84. The first kappa shape index (κ1) is 15.4. The number of rotatable bonds is 4. The standard InChI is InChI=1S/C19H29NS/c1-2-20-19-17-13-7-6-9-15(17)10-8-14-18(19)21-16-11-4-3-5-12-16/h6-7,9,13,16,18-20H,2-5,8,10-12,14H2,1H3. The zero-order chi connectivity index (χ0) is 14.5. The van der Waals surface area contributed by atoms with Gasteiger partial charge in [0.15, 0.2) is 0 Å². The van der Waals surface area contributed by atoms with Crippen LogP contribution in [0.3, 0.4) is 0 Å². The molecule has 2 heteroatoms. The van der Waals surface area contributed by atoms with Crippen LogP contribution in [0, 0.1) is 0 Å². The number of thioether (sulfide) groups is 1. The molecule has 1 saturated carbocycles. The predicted molar refractivity (Wildman–Crippen MR) is 94.0 cm³/mol. The Hall–Kier alpha value is -0.470. The average Bonchev–Trinajstić information content (AvgIpc) is 2.69. The molecule has 1 fully saturated rings. The van der Waals surface area contributed by atoms with Gasteiger partial charge in [-0.2, -0.15) is 11.8 Å². The molecule has 2 aliphatic rings. The van der Waals surface area contributed by atoms with Gasteiger partial charge in [-0.1, -0.05) is 50.5 Å². The van der Waals surface area contributed by atoms with Crippen LogP contribution in [0.4, 0.5) is 0 Å². The molecule has 0 aromatic heterocycles. The van der Waals surface area contributed by atoms with Gasteiger partial charge in [0.05, 0.1) is 0 Å². The SMILES string of the molecule is CCNC1c2ccccc2CCCC1SC1CCCCC1. The van der Waals surface area contributed by atoms with Crippen molar-refractivity contribution in [1.82, 2.24) is 5.32 Å². The molecule has 0 amide bonds. The molecular weight excluding hydrogens is 274 g/mol. The van der Waals surface area contributed by atoms with Crippen LogP contribution in [-0.2, 0) is 6.42 Å². The highest BCUT2D eigenvalue weighted by molar-refractivity contribution is 8.00. The second kappa shape index (κ2) is 7.69. The Morgan fingerprint density at radius 3 is 2.67 bits per heavy atom. The highest BCUT2D eigenvalue weighted by Crippen LogP contribution is 2.41. The Morgan fingerprint density at radius 1 is 1.05 bits per heavy atom. The van der Waals surface area contributed by atoms with E-state index in [1.165, 1.54) is 51.4 Å². The molecular formula is C19H29NS. The summed E-state index contributed by atoms with van der Waals surface area (Å²) in [6.07, 6.45) is 11.2. The van der Waals surface area contributed by atoms with E-state index in [4.69, 9.17) is 0 Å². The quantitative estimate of drug-likeness (QED) is 0.776. The van der Waals surface area contributed by atoms with E-state index in [1.807, 2.05) is 0 Å². The fourth-order valence-corrected chi connectivity index (χ4v) is 5.78. The maximum Gasteiger partial charge on any atom is 0.0443 e. The molecule has 3 rings (SSSR count). The van der Waals surface area contributed by atoms with Gasteiger partial charge in [0.1, 0.15) is 0 Å². The number of hydrogen-bond acceptors (Lipinski definition) is 2. The topological polar surface area (TPSA) is 12.0 Å². The van der Waals surface area contributed by atoms with Gasteiger partial charge in [0.2, 0.25) is 0 Å². The normalized spacial score (nSPS) is 27.1. The third-order valence-electron chi connectivity index (χ3n) is 5.04. The summed E-state index contributed by atoms with van der Waals surface area (Å²) < 4.78 is 0. The molecule has 2 aliphatic carbocycles. The fraction of sp³-hybridized carbons (Fsp3) is 0.684. The van der Waals surface area contributed by atoms with E-state index in [1.54, 1.807) is 11.1 Å². The first-order valence-electron chi connectivity index (χ1n) is 8.85. The van der Waals surface area contributed by atoms with Gasteiger partial charge in [-0.05, 0) is 49.8 Å². The summed E-state index contributed by atoms with van der Waals surface area (Å²) in [6.45, 7) is 3.32. The van der Waals surface area contributed by atoms with Crippen LogP contribution in [0.1, 0.15) is 69.0 Å². The molecule has 0 spiro atoms. The van der Waals surface area contributed by atoms with Crippen molar-refractivity contribution in [2.45, 2.75) is 74.8 Å². The lowest BCUT2D eigenvalue weighted by Gasteiger charge is -2.31. The van der Waals surface area contributed by atoms with E-state index in [2.05, 4.69) is 48.3 Å². The van der Waals surface area contributed by atoms with Crippen molar-refractivity contribution < 1.29 is 0 Å². The van der Waals surface area contributed by atoms with Crippen molar-refractivity contribution in [3.05, 3.63) is 35.4 Å². The molecule has 21 heavy (non-hydrogen) atoms. The van der Waals surface area contributed by atoms with Crippen molar-refractivity contribution in [1.29, 1.82) is 0 Å². The first-order chi connectivity index (χ1) is 10.4. The van der Waals surface area contributed by atoms with Gasteiger partial charge >= 0.3 is 0 Å². The van der Waals surface area contributed by atoms with Crippen LogP contribution in [0.25, 0.3) is 0 Å². The summed E-state index contributed by atoms with van der Waals surface area (Å²) in [7, 11) is 0. The molecule has 1 nitrogen and oxygen atoms in total. The lowest BCUT2D eigenvalue weighted by Crippen LogP contribution is -2.31. The molecule has 2 unspecified atom stereocenters. The maximum absolute atomic E-state index is 3.80. The second-order valence-corrected chi connectivity index (χ2v) is 8.11. The van der Waals surface area contributed by atoms with Crippen LogP contribution in [0.5, 0.6) is 0 Å². The molecule has 0 heterocycles. The van der Waals surface area contributed by atoms with Crippen molar-refractivity contribution in [3.63, 3.8) is 0 Å². The fourth-order valence-electron chi connectivity index (χ4n) is 3.98. The van der Waals surface area contributed by atoms with E-state index in [0.717, 1.165) is 17.0 Å². The molecule has 1 N–H and O–H groups in total. The zero-order valence-electron chi connectivity index (χ0n) is 13.3. The summed E-state index contributed by atoms with van der Waals surface area (Å²) in [4.78, 5) is 0. The number of nitrogens with one attached hydrogen (secondary N) is 1. The number of hydrogen-bond donors (Lipinski definition) is 1. The van der Waals surface area contributed by atoms with Crippen LogP contribution < -0.4 is 5.32 Å². The minimum atomic E-state index is 0.556. The van der Waals surface area contributed by atoms with Crippen molar-refractivity contribution in [3.8, 4) is 0 Å². The molecule has 0 aliphatic heterocycles. The Kier molecular flexibility index (Phi) is 5.65. The lowest BCUT2D eigenvalue weighted by molar-refractivity contribution is 0.494. The monoisotopic (exact) mass is 303 g/mol. The van der Waals surface area contributed by atoms with E-state index in [0.29, 0.717) is 6.04 Å². The van der Waals surface area contributed by atoms with Crippen LogP contribution >= 0.6 is 11.8 Å². The van der Waals surface area contributed by atoms with Gasteiger partial charge in [-0.25, -0.2) is 0 Å². The molecule has 1 aromatic carbocycles. The van der Waals surface area contributed by atoms with E-state index in [9.17, 15) is 0 Å². The molecule has 0 bridgehead atoms. The van der Waals surface area contributed by atoms with E-state index < -0.39 is 0 Å². The van der Waals surface area contributed by atoms with Crippen LogP contribution in [0.2, 0.25) is 0 Å². The minimum absolute atomic E-state index is 0.556. The first-order valence-corrected chi connectivity index (χ1v) is 9.79. The van der Waals surface area contributed by atoms with Gasteiger partial charge in [-0.3, -0.25) is 0 Å². The van der Waals surface area contributed by atoms with Crippen molar-refractivity contribution >= 4 is 11.8 Å². The minimum Gasteiger partial charge on any atom is -0.309 e. The zero-order valence-corrected chi connectivity index (χ0v) is 14.1. The molecule has 0 saturated heterocycles. The highest BCUT2D eigenvalue weighted by atomic mass is 32.2. The predicted octanol–water partition coefficient (Wildman–Crippen LogP) is 5.11. The molecule has 116 valence electrons. The summed E-state index contributed by atoms with van der Waals surface area (Å²) in [6, 6.07) is 9.68. The van der Waals surface area contributed by atoms with Crippen LogP contribution in [0.15, 0.2) is 24.3 Å². The van der Waals surface area contributed by atoms with Crippen LogP contribution in [-0.4, -0.2) is 17.0 Å². The Balaban J connectivity index is 1.77. The Labute approximate surface area is 134 Å². The molecule has 0 radical (unpaired) electrons. The van der Waals surface area contributed by atoms with Gasteiger partial charge in [-0.15, -0.1) is 0 Å². The van der Waals surface area contributed by atoms with Crippen molar-refractivity contribution in [2.24, 2.45) is 0 Å². The molecule has 1 aromatic rings. The number of fused-ring (bicyclic) bond motifs is 1. The lowest BCUT2D eigenvalue weighted by atomic mass is 9.99. The van der Waals surface area contributed by atoms with Gasteiger partial charge < -0.3 is 5.32 Å². The number of aryl methyl sites for hydroxylation is 1. The van der Waals surface area contributed by atoms with Gasteiger partial charge in [0, 0.05) is 16.5 Å². The van der Waals surface area contributed by atoms with E-state index >= 15 is 0 Å². The summed E-state index contributed by atoms with van der Waals surface area (Å²) in [5.41, 5.74) is 3.15. The molecule has 2 atom stereocenters. The summed E-state index contributed by atoms with van der Waals surface area (Å²) in [5, 5.41) is 5.47. The average molecular weight is 304 g/mol. The Bertz CT molecular complexity index is 439. The van der Waals surface area contributed by atoms with E-state index in [-0.39, 0.29) is 0 Å². The summed E-state index contributed by atoms with van der Waals surface area (Å²) in [5.74, 6) is 0. The Morgan fingerprint density at radius 2 is 1.86 bits per heavy atom. The van der Waals surface area contributed by atoms with Gasteiger partial charge in [0.25, 0.3) is 0 Å². The van der Waals surface area contributed by atoms with Crippen molar-refractivity contribution in [2.75, 3.05) is 6.54 Å². The smallest absolute Gasteiger partial charge is 0.0443 e. The largest absolute Gasteiger partial charge is 0.309 e. The number of benzene rings is 1. The highest BCUT2D eigenvalue weighted by Gasteiger charge is 2.30.